The van der Waals surface area contributed by atoms with E-state index < -0.39 is 6.10 Å². The first-order chi connectivity index (χ1) is 8.11. The van der Waals surface area contributed by atoms with E-state index in [4.69, 9.17) is 9.84 Å². The number of hydrogen-bond donors (Lipinski definition) is 2. The van der Waals surface area contributed by atoms with Gasteiger partial charge in [-0.05, 0) is 25.1 Å². The molecule has 1 aromatic rings. The van der Waals surface area contributed by atoms with Crippen LogP contribution in [0.4, 0.5) is 11.4 Å². The van der Waals surface area contributed by atoms with Crippen molar-refractivity contribution in [1.29, 1.82) is 0 Å². The van der Waals surface area contributed by atoms with Gasteiger partial charge in [0.15, 0.2) is 6.10 Å². The molecule has 92 valence electrons. The van der Waals surface area contributed by atoms with Gasteiger partial charge in [-0.25, -0.2) is 0 Å². The Balaban J connectivity index is 2.25. The predicted octanol–water partition coefficient (Wildman–Crippen LogP) is 0.834. The van der Waals surface area contributed by atoms with Crippen molar-refractivity contribution in [3.05, 3.63) is 18.2 Å². The molecule has 1 aromatic carbocycles. The van der Waals surface area contributed by atoms with Crippen LogP contribution in [0.25, 0.3) is 0 Å². The third-order valence-corrected chi connectivity index (χ3v) is 2.77. The number of anilines is 2. The Morgan fingerprint density at radius 1 is 1.53 bits per heavy atom. The second kappa shape index (κ2) is 4.63. The van der Waals surface area contributed by atoms with Crippen LogP contribution in [0.1, 0.15) is 6.92 Å². The number of aliphatic hydroxyl groups excluding tert-OH is 1. The van der Waals surface area contributed by atoms with E-state index in [9.17, 15) is 4.79 Å². The molecule has 0 saturated carbocycles. The standard InChI is InChI=1S/C12H16N2O3/c1-8-12(16)13-10-7-9(14(2)5-6-15)3-4-11(10)17-8/h3-4,7-8,15H,5-6H2,1-2H3,(H,13,16). The molecule has 1 heterocycles. The highest BCUT2D eigenvalue weighted by Crippen LogP contribution is 2.32. The zero-order valence-electron chi connectivity index (χ0n) is 9.93. The first-order valence-electron chi connectivity index (χ1n) is 5.55. The average Bonchev–Trinajstić information content (AvgIpc) is 2.30. The van der Waals surface area contributed by atoms with Crippen molar-refractivity contribution < 1.29 is 14.6 Å². The molecule has 17 heavy (non-hydrogen) atoms. The number of ether oxygens (including phenoxy) is 1. The number of nitrogens with zero attached hydrogens (tertiary/aromatic N) is 1. The molecule has 1 aliphatic rings. The molecule has 1 unspecified atom stereocenters. The summed E-state index contributed by atoms with van der Waals surface area (Å²) < 4.78 is 5.46. The van der Waals surface area contributed by atoms with Crippen molar-refractivity contribution in [3.8, 4) is 5.75 Å². The van der Waals surface area contributed by atoms with Crippen molar-refractivity contribution in [3.63, 3.8) is 0 Å². The second-order valence-corrected chi connectivity index (χ2v) is 4.07. The molecule has 0 aromatic heterocycles. The lowest BCUT2D eigenvalue weighted by Crippen LogP contribution is -2.34. The summed E-state index contributed by atoms with van der Waals surface area (Å²) in [7, 11) is 1.88. The van der Waals surface area contributed by atoms with E-state index in [1.165, 1.54) is 0 Å². The fourth-order valence-corrected chi connectivity index (χ4v) is 1.71. The molecule has 1 atom stereocenters. The lowest BCUT2D eigenvalue weighted by atomic mass is 10.2. The van der Waals surface area contributed by atoms with Crippen LogP contribution < -0.4 is 15.0 Å². The zero-order chi connectivity index (χ0) is 12.4. The van der Waals surface area contributed by atoms with Gasteiger partial charge in [0.05, 0.1) is 12.3 Å². The van der Waals surface area contributed by atoms with Crippen molar-refractivity contribution >= 4 is 17.3 Å². The van der Waals surface area contributed by atoms with Gasteiger partial charge in [0, 0.05) is 19.3 Å². The lowest BCUT2D eigenvalue weighted by Gasteiger charge is -2.25. The van der Waals surface area contributed by atoms with E-state index in [2.05, 4.69) is 5.32 Å². The Morgan fingerprint density at radius 3 is 3.00 bits per heavy atom. The average molecular weight is 236 g/mol. The summed E-state index contributed by atoms with van der Waals surface area (Å²) in [5.41, 5.74) is 1.60. The highest BCUT2D eigenvalue weighted by molar-refractivity contribution is 5.98. The Bertz CT molecular complexity index is 434. The van der Waals surface area contributed by atoms with Crippen molar-refractivity contribution in [1.82, 2.24) is 0 Å². The lowest BCUT2D eigenvalue weighted by molar-refractivity contribution is -0.122. The van der Waals surface area contributed by atoms with Crippen molar-refractivity contribution in [2.24, 2.45) is 0 Å². The molecule has 0 radical (unpaired) electrons. The number of fused-ring (bicyclic) bond motifs is 1. The van der Waals surface area contributed by atoms with Crippen LogP contribution in [0, 0.1) is 0 Å². The maximum atomic E-state index is 11.5. The summed E-state index contributed by atoms with van der Waals surface area (Å²) in [5, 5.41) is 11.7. The zero-order valence-corrected chi connectivity index (χ0v) is 9.93. The topological polar surface area (TPSA) is 61.8 Å². The molecule has 0 aliphatic carbocycles. The molecule has 0 fully saturated rings. The molecule has 5 nitrogen and oxygen atoms in total. The van der Waals surface area contributed by atoms with Gasteiger partial charge in [0.2, 0.25) is 0 Å². The largest absolute Gasteiger partial charge is 0.479 e. The summed E-state index contributed by atoms with van der Waals surface area (Å²) >= 11 is 0. The molecule has 0 bridgehead atoms. The minimum atomic E-state index is -0.455. The Kier molecular flexibility index (Phi) is 3.19. The molecular formula is C12H16N2O3. The van der Waals surface area contributed by atoms with Gasteiger partial charge in [-0.15, -0.1) is 0 Å². The highest BCUT2D eigenvalue weighted by Gasteiger charge is 2.23. The van der Waals surface area contributed by atoms with Gasteiger partial charge in [0.25, 0.3) is 5.91 Å². The molecule has 1 aliphatic heterocycles. The minimum absolute atomic E-state index is 0.0908. The highest BCUT2D eigenvalue weighted by atomic mass is 16.5. The van der Waals surface area contributed by atoms with Crippen molar-refractivity contribution in [2.75, 3.05) is 30.4 Å². The Hall–Kier alpha value is -1.75. The van der Waals surface area contributed by atoms with E-state index in [-0.39, 0.29) is 12.5 Å². The maximum absolute atomic E-state index is 11.5. The summed E-state index contributed by atoms with van der Waals surface area (Å²) in [4.78, 5) is 13.4. The fourth-order valence-electron chi connectivity index (χ4n) is 1.71. The number of benzene rings is 1. The Labute approximate surface area is 100.0 Å². The molecular weight excluding hydrogens is 220 g/mol. The van der Waals surface area contributed by atoms with E-state index in [1.807, 2.05) is 30.1 Å². The number of carbonyl (C=O) groups excluding carboxylic acids is 1. The molecule has 2 N–H and O–H groups in total. The first-order valence-corrected chi connectivity index (χ1v) is 5.55. The van der Waals surface area contributed by atoms with E-state index in [0.29, 0.717) is 18.0 Å². The third-order valence-electron chi connectivity index (χ3n) is 2.77. The van der Waals surface area contributed by atoms with Crippen LogP contribution in [0.3, 0.4) is 0 Å². The third kappa shape index (κ3) is 2.34. The van der Waals surface area contributed by atoms with Gasteiger partial charge >= 0.3 is 0 Å². The van der Waals surface area contributed by atoms with Crippen molar-refractivity contribution in [2.45, 2.75) is 13.0 Å². The number of carbonyl (C=O) groups is 1. The normalized spacial score (nSPS) is 18.1. The minimum Gasteiger partial charge on any atom is -0.479 e. The van der Waals surface area contributed by atoms with E-state index in [1.54, 1.807) is 6.92 Å². The first kappa shape index (κ1) is 11.7. The smallest absolute Gasteiger partial charge is 0.265 e. The van der Waals surface area contributed by atoms with Gasteiger partial charge in [-0.2, -0.15) is 0 Å². The number of aliphatic hydroxyl groups is 1. The monoisotopic (exact) mass is 236 g/mol. The van der Waals surface area contributed by atoms with E-state index >= 15 is 0 Å². The van der Waals surface area contributed by atoms with Gasteiger partial charge in [0.1, 0.15) is 5.75 Å². The number of rotatable bonds is 3. The summed E-state index contributed by atoms with van der Waals surface area (Å²) in [6, 6.07) is 5.57. The van der Waals surface area contributed by atoms with Gasteiger partial charge in [-0.1, -0.05) is 0 Å². The molecule has 0 saturated heterocycles. The molecule has 5 heteroatoms. The van der Waals surface area contributed by atoms with Gasteiger partial charge < -0.3 is 20.1 Å². The van der Waals surface area contributed by atoms with Crippen LogP contribution >= 0.6 is 0 Å². The van der Waals surface area contributed by atoms with E-state index in [0.717, 1.165) is 5.69 Å². The van der Waals surface area contributed by atoms with Crippen LogP contribution in [0.15, 0.2) is 18.2 Å². The summed E-state index contributed by atoms with van der Waals surface area (Å²) in [6.45, 7) is 2.35. The number of hydrogen-bond acceptors (Lipinski definition) is 4. The van der Waals surface area contributed by atoms with Crippen LogP contribution in [-0.2, 0) is 4.79 Å². The number of likely N-dealkylation sites (N-methyl/N-ethyl adjacent to an activating group) is 1. The maximum Gasteiger partial charge on any atom is 0.265 e. The molecule has 0 spiro atoms. The van der Waals surface area contributed by atoms with Gasteiger partial charge in [-0.3, -0.25) is 4.79 Å². The van der Waals surface area contributed by atoms with Crippen LogP contribution in [0.2, 0.25) is 0 Å². The Morgan fingerprint density at radius 2 is 2.29 bits per heavy atom. The molecule has 1 amide bonds. The second-order valence-electron chi connectivity index (χ2n) is 4.07. The summed E-state index contributed by atoms with van der Waals surface area (Å²) in [6.07, 6.45) is -0.455. The number of nitrogens with one attached hydrogen (secondary N) is 1. The number of amides is 1. The SMILES string of the molecule is CC1Oc2ccc(N(C)CCO)cc2NC1=O. The quantitative estimate of drug-likeness (QED) is 0.816. The predicted molar refractivity (Wildman–Crippen MR) is 65.5 cm³/mol. The van der Waals surface area contributed by atoms with Crippen LogP contribution in [-0.4, -0.2) is 37.3 Å². The van der Waals surface area contributed by atoms with Crippen LogP contribution in [0.5, 0.6) is 5.75 Å². The fraction of sp³-hybridized carbons (Fsp3) is 0.417. The molecule has 2 rings (SSSR count). The summed E-state index contributed by atoms with van der Waals surface area (Å²) in [5.74, 6) is 0.540.